The van der Waals surface area contributed by atoms with Gasteiger partial charge in [-0.3, -0.25) is 9.59 Å². The van der Waals surface area contributed by atoms with Crippen molar-refractivity contribution >= 4 is 17.5 Å². The molecule has 0 saturated heterocycles. The molecule has 6 nitrogen and oxygen atoms in total. The highest BCUT2D eigenvalue weighted by molar-refractivity contribution is 6.04. The van der Waals surface area contributed by atoms with E-state index < -0.39 is 0 Å². The van der Waals surface area contributed by atoms with E-state index in [9.17, 15) is 9.59 Å². The zero-order valence-corrected chi connectivity index (χ0v) is 14.4. The van der Waals surface area contributed by atoms with E-state index in [1.165, 1.54) is 0 Å². The van der Waals surface area contributed by atoms with E-state index in [1.807, 2.05) is 35.9 Å². The van der Waals surface area contributed by atoms with Gasteiger partial charge in [0.25, 0.3) is 11.8 Å². The number of nitrogens with one attached hydrogen (secondary N) is 2. The Labute approximate surface area is 151 Å². The predicted octanol–water partition coefficient (Wildman–Crippen LogP) is 2.95. The minimum absolute atomic E-state index is 0.0332. The average Bonchev–Trinajstić information content (AvgIpc) is 3.15. The number of benzene rings is 2. The van der Waals surface area contributed by atoms with Crippen LogP contribution in [0.2, 0.25) is 0 Å². The molecule has 0 spiro atoms. The van der Waals surface area contributed by atoms with Crippen molar-refractivity contribution in [3.05, 3.63) is 84.4 Å². The van der Waals surface area contributed by atoms with Crippen LogP contribution in [-0.4, -0.2) is 27.4 Å². The first kappa shape index (κ1) is 17.4. The third-order valence-electron chi connectivity index (χ3n) is 3.86. The van der Waals surface area contributed by atoms with Crippen molar-refractivity contribution in [1.29, 1.82) is 0 Å². The first-order chi connectivity index (χ1) is 12.6. The molecule has 0 unspecified atom stereocenters. The number of amides is 2. The lowest BCUT2D eigenvalue weighted by Gasteiger charge is -2.14. The molecule has 2 amide bonds. The lowest BCUT2D eigenvalue weighted by Crippen LogP contribution is -2.35. The summed E-state index contributed by atoms with van der Waals surface area (Å²) in [5.41, 5.74) is 1.77. The van der Waals surface area contributed by atoms with Crippen LogP contribution in [0.3, 0.4) is 0 Å². The molecule has 1 aromatic heterocycles. The zero-order chi connectivity index (χ0) is 18.4. The van der Waals surface area contributed by atoms with Gasteiger partial charge in [-0.05, 0) is 43.3 Å². The summed E-state index contributed by atoms with van der Waals surface area (Å²) in [6, 6.07) is 15.8. The van der Waals surface area contributed by atoms with Crippen molar-refractivity contribution in [2.24, 2.45) is 0 Å². The normalized spacial score (nSPS) is 11.6. The van der Waals surface area contributed by atoms with Gasteiger partial charge in [-0.2, -0.15) is 0 Å². The molecule has 2 aromatic carbocycles. The van der Waals surface area contributed by atoms with E-state index in [0.29, 0.717) is 23.4 Å². The fourth-order valence-electron chi connectivity index (χ4n) is 2.56. The second kappa shape index (κ2) is 8.11. The Hall–Kier alpha value is -3.41. The Morgan fingerprint density at radius 1 is 1.00 bits per heavy atom. The summed E-state index contributed by atoms with van der Waals surface area (Å²) in [6.45, 7) is 2.59. The van der Waals surface area contributed by atoms with Gasteiger partial charge in [0.15, 0.2) is 0 Å². The minimum Gasteiger partial charge on any atom is -0.348 e. The van der Waals surface area contributed by atoms with E-state index in [4.69, 9.17) is 0 Å². The van der Waals surface area contributed by atoms with E-state index in [2.05, 4.69) is 15.6 Å². The largest absolute Gasteiger partial charge is 0.348 e. The monoisotopic (exact) mass is 348 g/mol. The van der Waals surface area contributed by atoms with Crippen LogP contribution in [0.5, 0.6) is 0 Å². The van der Waals surface area contributed by atoms with Gasteiger partial charge in [0, 0.05) is 41.8 Å². The topological polar surface area (TPSA) is 76.0 Å². The van der Waals surface area contributed by atoms with Crippen molar-refractivity contribution in [2.75, 3.05) is 5.32 Å². The number of rotatable bonds is 6. The van der Waals surface area contributed by atoms with Crippen LogP contribution in [0.1, 0.15) is 27.6 Å². The Kier molecular flexibility index (Phi) is 5.43. The molecule has 0 fully saturated rings. The number of nitrogens with zero attached hydrogens (tertiary/aromatic N) is 2. The van der Waals surface area contributed by atoms with Crippen molar-refractivity contribution in [2.45, 2.75) is 19.5 Å². The molecule has 0 saturated carbocycles. The van der Waals surface area contributed by atoms with Crippen LogP contribution in [0, 0.1) is 0 Å². The van der Waals surface area contributed by atoms with Gasteiger partial charge in [-0.15, -0.1) is 0 Å². The molecular weight excluding hydrogens is 328 g/mol. The second-order valence-electron chi connectivity index (χ2n) is 6.03. The summed E-state index contributed by atoms with van der Waals surface area (Å²) in [5.74, 6) is -0.338. The summed E-state index contributed by atoms with van der Waals surface area (Å²) in [4.78, 5) is 28.4. The summed E-state index contributed by atoms with van der Waals surface area (Å²) >= 11 is 0. The summed E-state index contributed by atoms with van der Waals surface area (Å²) in [7, 11) is 0. The Bertz CT molecular complexity index is 859. The molecule has 2 N–H and O–H groups in total. The first-order valence-electron chi connectivity index (χ1n) is 8.35. The molecule has 3 aromatic rings. The maximum atomic E-state index is 12.3. The molecule has 6 heteroatoms. The SMILES string of the molecule is C[C@H](Cn1ccnc1)NC(=O)c1ccc(NC(=O)c2ccccc2)cc1. The second-order valence-corrected chi connectivity index (χ2v) is 6.03. The van der Waals surface area contributed by atoms with E-state index in [-0.39, 0.29) is 17.9 Å². The first-order valence-corrected chi connectivity index (χ1v) is 8.35. The highest BCUT2D eigenvalue weighted by Crippen LogP contribution is 2.12. The molecule has 1 heterocycles. The number of carbonyl (C=O) groups excluding carboxylic acids is 2. The van der Waals surface area contributed by atoms with E-state index in [0.717, 1.165) is 0 Å². The molecular formula is C20H20N4O2. The van der Waals surface area contributed by atoms with Crippen molar-refractivity contribution in [1.82, 2.24) is 14.9 Å². The van der Waals surface area contributed by atoms with Crippen LogP contribution in [0.4, 0.5) is 5.69 Å². The molecule has 0 bridgehead atoms. The van der Waals surface area contributed by atoms with Crippen LogP contribution < -0.4 is 10.6 Å². The number of hydrogen-bond donors (Lipinski definition) is 2. The molecule has 0 aliphatic rings. The molecule has 132 valence electrons. The predicted molar refractivity (Wildman–Crippen MR) is 100.0 cm³/mol. The van der Waals surface area contributed by atoms with Gasteiger partial charge >= 0.3 is 0 Å². The molecule has 1 atom stereocenters. The van der Waals surface area contributed by atoms with Crippen molar-refractivity contribution in [3.63, 3.8) is 0 Å². The summed E-state index contributed by atoms with van der Waals surface area (Å²) < 4.78 is 1.91. The maximum absolute atomic E-state index is 12.3. The molecule has 0 aliphatic heterocycles. The fourth-order valence-corrected chi connectivity index (χ4v) is 2.56. The van der Waals surface area contributed by atoms with E-state index >= 15 is 0 Å². The van der Waals surface area contributed by atoms with Gasteiger partial charge in [0.1, 0.15) is 0 Å². The molecule has 0 radical (unpaired) electrons. The Morgan fingerprint density at radius 2 is 1.69 bits per heavy atom. The van der Waals surface area contributed by atoms with Gasteiger partial charge < -0.3 is 15.2 Å². The number of imidazole rings is 1. The highest BCUT2D eigenvalue weighted by Gasteiger charge is 2.11. The number of aromatic nitrogens is 2. The van der Waals surface area contributed by atoms with Gasteiger partial charge in [0.2, 0.25) is 0 Å². The minimum atomic E-state index is -0.184. The number of anilines is 1. The van der Waals surface area contributed by atoms with Crippen LogP contribution in [0.25, 0.3) is 0 Å². The van der Waals surface area contributed by atoms with E-state index in [1.54, 1.807) is 48.9 Å². The summed E-state index contributed by atoms with van der Waals surface area (Å²) in [6.07, 6.45) is 5.27. The Morgan fingerprint density at radius 3 is 2.35 bits per heavy atom. The molecule has 3 rings (SSSR count). The van der Waals surface area contributed by atoms with Crippen LogP contribution >= 0.6 is 0 Å². The maximum Gasteiger partial charge on any atom is 0.255 e. The molecule has 0 aliphatic carbocycles. The van der Waals surface area contributed by atoms with Crippen LogP contribution in [0.15, 0.2) is 73.3 Å². The zero-order valence-electron chi connectivity index (χ0n) is 14.4. The number of hydrogen-bond acceptors (Lipinski definition) is 3. The fraction of sp³-hybridized carbons (Fsp3) is 0.150. The van der Waals surface area contributed by atoms with Gasteiger partial charge in [-0.25, -0.2) is 4.98 Å². The highest BCUT2D eigenvalue weighted by atomic mass is 16.2. The quantitative estimate of drug-likeness (QED) is 0.719. The van der Waals surface area contributed by atoms with Gasteiger partial charge in [0.05, 0.1) is 6.33 Å². The lowest BCUT2D eigenvalue weighted by molar-refractivity contribution is 0.0936. The number of carbonyl (C=O) groups is 2. The Balaban J connectivity index is 1.56. The third kappa shape index (κ3) is 4.57. The molecule has 26 heavy (non-hydrogen) atoms. The van der Waals surface area contributed by atoms with Crippen molar-refractivity contribution in [3.8, 4) is 0 Å². The standard InChI is InChI=1S/C20H20N4O2/c1-15(13-24-12-11-21-14-24)22-19(25)17-7-9-18(10-8-17)23-20(26)16-5-3-2-4-6-16/h2-12,14-15H,13H2,1H3,(H,22,25)(H,23,26)/t15-/m1/s1. The van der Waals surface area contributed by atoms with Crippen molar-refractivity contribution < 1.29 is 9.59 Å². The third-order valence-corrected chi connectivity index (χ3v) is 3.86. The smallest absolute Gasteiger partial charge is 0.255 e. The lowest BCUT2D eigenvalue weighted by atomic mass is 10.1. The van der Waals surface area contributed by atoms with Gasteiger partial charge in [-0.1, -0.05) is 18.2 Å². The van der Waals surface area contributed by atoms with Crippen LogP contribution in [-0.2, 0) is 6.54 Å². The average molecular weight is 348 g/mol. The summed E-state index contributed by atoms with van der Waals surface area (Å²) in [5, 5.41) is 5.76.